The van der Waals surface area contributed by atoms with Gasteiger partial charge in [-0.1, -0.05) is 0 Å². The van der Waals surface area contributed by atoms with Gasteiger partial charge >= 0.3 is 0 Å². The number of thioether (sulfide) groups is 1. The summed E-state index contributed by atoms with van der Waals surface area (Å²) in [6.45, 7) is 2.08. The van der Waals surface area contributed by atoms with Gasteiger partial charge in [0.05, 0.1) is 5.69 Å². The number of nitrogens with two attached hydrogens (primary N) is 1. The number of imidazole rings is 1. The number of fused-ring (bicyclic) bond motifs is 1. The molecule has 1 aromatic carbocycles. The maximum Gasteiger partial charge on any atom is 0.137 e. The van der Waals surface area contributed by atoms with Crippen LogP contribution in [0.4, 0.5) is 5.69 Å². The Labute approximate surface area is 116 Å². The highest BCUT2D eigenvalue weighted by Gasteiger charge is 2.02. The van der Waals surface area contributed by atoms with Crippen LogP contribution in [0.2, 0.25) is 0 Å². The number of aromatic nitrogens is 2. The number of nitrogen functional groups attached to an aromatic ring is 1. The van der Waals surface area contributed by atoms with Crippen molar-refractivity contribution in [2.45, 2.75) is 17.6 Å². The zero-order valence-corrected chi connectivity index (χ0v) is 11.5. The number of pyridine rings is 1. The van der Waals surface area contributed by atoms with Gasteiger partial charge in [0, 0.05) is 28.7 Å². The van der Waals surface area contributed by atoms with Gasteiger partial charge in [-0.15, -0.1) is 11.8 Å². The molecule has 3 nitrogen and oxygen atoms in total. The average molecular weight is 269 g/mol. The van der Waals surface area contributed by atoms with Gasteiger partial charge < -0.3 is 10.1 Å². The molecule has 2 N–H and O–H groups in total. The lowest BCUT2D eigenvalue weighted by Crippen LogP contribution is -1.83. The molecular formula is C15H15N3S. The van der Waals surface area contributed by atoms with E-state index < -0.39 is 0 Å². The van der Waals surface area contributed by atoms with E-state index in [0.29, 0.717) is 0 Å². The zero-order chi connectivity index (χ0) is 13.2. The highest BCUT2D eigenvalue weighted by atomic mass is 32.2. The predicted molar refractivity (Wildman–Crippen MR) is 80.3 cm³/mol. The molecule has 0 aliphatic carbocycles. The van der Waals surface area contributed by atoms with Crippen molar-refractivity contribution in [1.29, 1.82) is 0 Å². The van der Waals surface area contributed by atoms with Crippen molar-refractivity contribution in [2.75, 3.05) is 5.73 Å². The fourth-order valence-electron chi connectivity index (χ4n) is 1.93. The van der Waals surface area contributed by atoms with E-state index in [2.05, 4.69) is 40.8 Å². The van der Waals surface area contributed by atoms with Gasteiger partial charge in [0.2, 0.25) is 0 Å². The monoisotopic (exact) mass is 269 g/mol. The van der Waals surface area contributed by atoms with E-state index in [1.165, 1.54) is 10.5 Å². The van der Waals surface area contributed by atoms with Crippen molar-refractivity contribution in [3.63, 3.8) is 0 Å². The van der Waals surface area contributed by atoms with E-state index >= 15 is 0 Å². The van der Waals surface area contributed by atoms with Crippen LogP contribution < -0.4 is 5.73 Å². The molecule has 0 spiro atoms. The average Bonchev–Trinajstić information content (AvgIpc) is 2.80. The van der Waals surface area contributed by atoms with Gasteiger partial charge in [-0.05, 0) is 48.9 Å². The van der Waals surface area contributed by atoms with Crippen molar-refractivity contribution in [1.82, 2.24) is 9.38 Å². The number of aryl methyl sites for hydroxylation is 1. The maximum atomic E-state index is 5.67. The van der Waals surface area contributed by atoms with E-state index in [1.807, 2.05) is 24.3 Å². The van der Waals surface area contributed by atoms with Crippen molar-refractivity contribution in [3.8, 4) is 0 Å². The molecule has 3 rings (SSSR count). The third-order valence-electron chi connectivity index (χ3n) is 2.93. The first-order valence-corrected chi connectivity index (χ1v) is 7.12. The molecular weight excluding hydrogens is 254 g/mol. The van der Waals surface area contributed by atoms with Gasteiger partial charge in [-0.2, -0.15) is 0 Å². The lowest BCUT2D eigenvalue weighted by molar-refractivity contribution is 1.17. The minimum Gasteiger partial charge on any atom is -0.399 e. The summed E-state index contributed by atoms with van der Waals surface area (Å²) in [4.78, 5) is 5.83. The summed E-state index contributed by atoms with van der Waals surface area (Å²) in [6, 6.07) is 12.1. The fourth-order valence-corrected chi connectivity index (χ4v) is 2.71. The lowest BCUT2D eigenvalue weighted by Gasteiger charge is -1.99. The smallest absolute Gasteiger partial charge is 0.137 e. The third kappa shape index (κ3) is 2.74. The van der Waals surface area contributed by atoms with E-state index in [9.17, 15) is 0 Å². The van der Waals surface area contributed by atoms with Crippen molar-refractivity contribution in [3.05, 3.63) is 60.0 Å². The van der Waals surface area contributed by atoms with Crippen molar-refractivity contribution in [2.24, 2.45) is 0 Å². The second kappa shape index (κ2) is 4.97. The van der Waals surface area contributed by atoms with Crippen LogP contribution in [-0.2, 0) is 5.75 Å². The Morgan fingerprint density at radius 1 is 1.21 bits per heavy atom. The molecule has 96 valence electrons. The number of anilines is 1. The van der Waals surface area contributed by atoms with Crippen molar-refractivity contribution < 1.29 is 0 Å². The summed E-state index contributed by atoms with van der Waals surface area (Å²) in [7, 11) is 0. The number of benzene rings is 1. The summed E-state index contributed by atoms with van der Waals surface area (Å²) in [5, 5.41) is 0. The van der Waals surface area contributed by atoms with E-state index in [0.717, 1.165) is 22.8 Å². The van der Waals surface area contributed by atoms with Crippen LogP contribution in [0.15, 0.2) is 53.7 Å². The molecule has 0 fully saturated rings. The van der Waals surface area contributed by atoms with Crippen LogP contribution >= 0.6 is 11.8 Å². The van der Waals surface area contributed by atoms with Gasteiger partial charge in [-0.25, -0.2) is 4.98 Å². The first-order chi connectivity index (χ1) is 9.20. The summed E-state index contributed by atoms with van der Waals surface area (Å²) in [6.07, 6.45) is 4.13. The largest absolute Gasteiger partial charge is 0.399 e. The topological polar surface area (TPSA) is 43.3 Å². The minimum absolute atomic E-state index is 0.799. The molecule has 0 aliphatic heterocycles. The van der Waals surface area contributed by atoms with E-state index in [-0.39, 0.29) is 0 Å². The second-order valence-electron chi connectivity index (χ2n) is 4.56. The van der Waals surface area contributed by atoms with Gasteiger partial charge in [-0.3, -0.25) is 0 Å². The molecule has 0 saturated heterocycles. The highest BCUT2D eigenvalue weighted by Crippen LogP contribution is 2.23. The SMILES string of the molecule is Cc1ccn2cc(CSc3ccc(N)cc3)nc2c1. The fraction of sp³-hybridized carbons (Fsp3) is 0.133. The number of hydrogen-bond donors (Lipinski definition) is 1. The van der Waals surface area contributed by atoms with Crippen molar-refractivity contribution >= 4 is 23.1 Å². The lowest BCUT2D eigenvalue weighted by atomic mass is 10.3. The van der Waals surface area contributed by atoms with Crippen LogP contribution in [0.5, 0.6) is 0 Å². The van der Waals surface area contributed by atoms with Crippen LogP contribution in [-0.4, -0.2) is 9.38 Å². The van der Waals surface area contributed by atoms with Gasteiger partial charge in [0.15, 0.2) is 0 Å². The molecule has 19 heavy (non-hydrogen) atoms. The zero-order valence-electron chi connectivity index (χ0n) is 10.7. The van der Waals surface area contributed by atoms with Crippen LogP contribution in [0.25, 0.3) is 5.65 Å². The molecule has 0 atom stereocenters. The first-order valence-electron chi connectivity index (χ1n) is 6.13. The Morgan fingerprint density at radius 3 is 2.79 bits per heavy atom. The predicted octanol–water partition coefficient (Wildman–Crippen LogP) is 3.52. The summed E-state index contributed by atoms with van der Waals surface area (Å²) < 4.78 is 2.06. The Bertz CT molecular complexity index is 701. The van der Waals surface area contributed by atoms with Gasteiger partial charge in [0.1, 0.15) is 5.65 Å². The molecule has 0 aliphatic rings. The molecule has 4 heteroatoms. The summed E-state index contributed by atoms with van der Waals surface area (Å²) >= 11 is 1.77. The minimum atomic E-state index is 0.799. The normalized spacial score (nSPS) is 11.0. The molecule has 0 radical (unpaired) electrons. The molecule has 2 aromatic heterocycles. The quantitative estimate of drug-likeness (QED) is 0.584. The Hall–Kier alpha value is -1.94. The van der Waals surface area contributed by atoms with Crippen LogP contribution in [0.1, 0.15) is 11.3 Å². The summed E-state index contributed by atoms with van der Waals surface area (Å²) in [5.74, 6) is 0.866. The highest BCUT2D eigenvalue weighted by molar-refractivity contribution is 7.98. The van der Waals surface area contributed by atoms with Gasteiger partial charge in [0.25, 0.3) is 0 Å². The Balaban J connectivity index is 1.76. The summed E-state index contributed by atoms with van der Waals surface area (Å²) in [5.41, 5.74) is 9.80. The van der Waals surface area contributed by atoms with Crippen LogP contribution in [0.3, 0.4) is 0 Å². The molecule has 3 aromatic rings. The molecule has 0 saturated carbocycles. The van der Waals surface area contributed by atoms with Crippen LogP contribution in [0, 0.1) is 6.92 Å². The Kier molecular flexibility index (Phi) is 3.17. The van der Waals surface area contributed by atoms with E-state index in [4.69, 9.17) is 5.73 Å². The van der Waals surface area contributed by atoms with E-state index in [1.54, 1.807) is 11.8 Å². The molecule has 0 bridgehead atoms. The number of nitrogens with zero attached hydrogens (tertiary/aromatic N) is 2. The standard InChI is InChI=1S/C15H15N3S/c1-11-6-7-18-9-13(17-15(18)8-11)10-19-14-4-2-12(16)3-5-14/h2-9H,10,16H2,1H3. The Morgan fingerprint density at radius 2 is 2.00 bits per heavy atom. The number of rotatable bonds is 3. The molecule has 0 unspecified atom stereocenters. The number of hydrogen-bond acceptors (Lipinski definition) is 3. The first kappa shape index (κ1) is 12.1. The maximum absolute atomic E-state index is 5.67. The molecule has 0 amide bonds. The third-order valence-corrected chi connectivity index (χ3v) is 3.98. The molecule has 2 heterocycles. The second-order valence-corrected chi connectivity index (χ2v) is 5.61.